The number of ether oxygens (including phenoxy) is 1. The fourth-order valence-corrected chi connectivity index (χ4v) is 2.74. The molecule has 0 spiro atoms. The fraction of sp³-hybridized carbons (Fsp3) is 0.773. The van der Waals surface area contributed by atoms with E-state index in [0.717, 1.165) is 31.8 Å². The summed E-state index contributed by atoms with van der Waals surface area (Å²) in [6, 6.07) is 0. The molecule has 0 fully saturated rings. The number of rotatable bonds is 12. The number of hydrogen-bond acceptors (Lipinski definition) is 2. The van der Waals surface area contributed by atoms with Crippen LogP contribution in [0.5, 0.6) is 0 Å². The van der Waals surface area contributed by atoms with Gasteiger partial charge in [0.1, 0.15) is 6.61 Å². The molecule has 0 saturated carbocycles. The van der Waals surface area contributed by atoms with Crippen LogP contribution in [0.2, 0.25) is 0 Å². The molecule has 2 nitrogen and oxygen atoms in total. The van der Waals surface area contributed by atoms with Crippen molar-refractivity contribution in [2.24, 2.45) is 4.99 Å². The third-order valence-electron chi connectivity index (χ3n) is 4.20. The molecule has 0 saturated heterocycles. The molecule has 0 radical (unpaired) electrons. The molecular formula is C22H37NO. The molecule has 0 aliphatic carbocycles. The van der Waals surface area contributed by atoms with Crippen molar-refractivity contribution in [3.05, 3.63) is 12.2 Å². The monoisotopic (exact) mass is 331 g/mol. The predicted octanol–water partition coefficient (Wildman–Crippen LogP) is 6.45. The Balaban J connectivity index is 1.86. The van der Waals surface area contributed by atoms with Gasteiger partial charge in [0.05, 0.1) is 5.54 Å². The van der Waals surface area contributed by atoms with E-state index in [9.17, 15) is 0 Å². The number of unbranched alkanes of at least 4 members (excludes halogenated alkanes) is 8. The third kappa shape index (κ3) is 11.3. The number of hydrogen-bond donors (Lipinski definition) is 0. The molecule has 136 valence electrons. The van der Waals surface area contributed by atoms with Crippen molar-refractivity contribution in [1.29, 1.82) is 0 Å². The number of allylic oxidation sites excluding steroid dienone is 2. The molecule has 24 heavy (non-hydrogen) atoms. The lowest BCUT2D eigenvalue weighted by molar-refractivity contribution is 0.273. The van der Waals surface area contributed by atoms with Gasteiger partial charge in [-0.2, -0.15) is 0 Å². The van der Waals surface area contributed by atoms with E-state index in [1.165, 1.54) is 57.8 Å². The predicted molar refractivity (Wildman–Crippen MR) is 105 cm³/mol. The molecule has 0 amide bonds. The molecule has 0 aromatic heterocycles. The van der Waals surface area contributed by atoms with Gasteiger partial charge in [-0.05, 0) is 39.5 Å². The Morgan fingerprint density at radius 1 is 1.00 bits per heavy atom. The van der Waals surface area contributed by atoms with E-state index in [2.05, 4.69) is 49.8 Å². The fourth-order valence-electron chi connectivity index (χ4n) is 2.74. The Labute approximate surface area is 150 Å². The lowest BCUT2D eigenvalue weighted by atomic mass is 10.1. The second kappa shape index (κ2) is 13.1. The van der Waals surface area contributed by atoms with Gasteiger partial charge in [-0.1, -0.05) is 57.1 Å². The van der Waals surface area contributed by atoms with Gasteiger partial charge in [-0.25, -0.2) is 4.99 Å². The van der Waals surface area contributed by atoms with E-state index in [1.54, 1.807) is 0 Å². The molecule has 0 aromatic carbocycles. The van der Waals surface area contributed by atoms with Gasteiger partial charge in [0, 0.05) is 19.3 Å². The topological polar surface area (TPSA) is 21.6 Å². The van der Waals surface area contributed by atoms with Crippen molar-refractivity contribution in [3.63, 3.8) is 0 Å². The minimum atomic E-state index is 0.00154. The molecule has 1 heterocycles. The van der Waals surface area contributed by atoms with Crippen LogP contribution in [0, 0.1) is 11.8 Å². The van der Waals surface area contributed by atoms with Crippen LogP contribution >= 0.6 is 0 Å². The smallest absolute Gasteiger partial charge is 0.183 e. The third-order valence-corrected chi connectivity index (χ3v) is 4.20. The summed E-state index contributed by atoms with van der Waals surface area (Å²) in [5.41, 5.74) is 0.00154. The number of nitrogens with zero attached hydrogens (tertiary/aromatic N) is 1. The average Bonchev–Trinajstić information content (AvgIpc) is 2.90. The summed E-state index contributed by atoms with van der Waals surface area (Å²) in [5, 5.41) is 0. The maximum atomic E-state index is 5.62. The molecule has 1 aliphatic heterocycles. The molecule has 0 unspecified atom stereocenters. The SMILES string of the molecule is CCCCCC#CC/C=C\CCCCCCCC1=NC(C)(C)CO1. The van der Waals surface area contributed by atoms with Crippen molar-refractivity contribution < 1.29 is 4.74 Å². The summed E-state index contributed by atoms with van der Waals surface area (Å²) in [7, 11) is 0. The molecule has 0 N–H and O–H groups in total. The standard InChI is InChI=1S/C22H37NO/c1-4-5-6-7-8-9-10-11-12-13-14-15-16-17-18-19-21-23-22(2,3)20-24-21/h11-12H,4-7,10,13-20H2,1-3H3/b12-11-. The Hall–Kier alpha value is -1.23. The lowest BCUT2D eigenvalue weighted by Gasteiger charge is -2.07. The van der Waals surface area contributed by atoms with E-state index >= 15 is 0 Å². The van der Waals surface area contributed by atoms with Crippen LogP contribution < -0.4 is 0 Å². The van der Waals surface area contributed by atoms with Crippen LogP contribution in [-0.2, 0) is 4.74 Å². The van der Waals surface area contributed by atoms with Gasteiger partial charge < -0.3 is 4.74 Å². The minimum Gasteiger partial charge on any atom is -0.478 e. The highest BCUT2D eigenvalue weighted by molar-refractivity contribution is 5.78. The van der Waals surface area contributed by atoms with Crippen LogP contribution in [0.3, 0.4) is 0 Å². The zero-order chi connectivity index (χ0) is 17.5. The lowest BCUT2D eigenvalue weighted by Crippen LogP contribution is -2.17. The van der Waals surface area contributed by atoms with Gasteiger partial charge in [0.2, 0.25) is 0 Å². The van der Waals surface area contributed by atoms with E-state index in [-0.39, 0.29) is 5.54 Å². The Morgan fingerprint density at radius 2 is 1.79 bits per heavy atom. The maximum Gasteiger partial charge on any atom is 0.183 e. The van der Waals surface area contributed by atoms with E-state index in [4.69, 9.17) is 4.74 Å². The van der Waals surface area contributed by atoms with Crippen molar-refractivity contribution >= 4 is 5.90 Å². The normalized spacial score (nSPS) is 15.9. The molecule has 1 aliphatic rings. The molecule has 0 aromatic rings. The van der Waals surface area contributed by atoms with Crippen LogP contribution in [0.15, 0.2) is 17.1 Å². The summed E-state index contributed by atoms with van der Waals surface area (Å²) in [4.78, 5) is 4.60. The van der Waals surface area contributed by atoms with Crippen LogP contribution in [-0.4, -0.2) is 18.0 Å². The average molecular weight is 332 g/mol. The van der Waals surface area contributed by atoms with Gasteiger partial charge in [-0.15, -0.1) is 5.92 Å². The largest absolute Gasteiger partial charge is 0.478 e. The van der Waals surface area contributed by atoms with Crippen molar-refractivity contribution in [2.45, 2.75) is 103 Å². The first-order valence-corrected chi connectivity index (χ1v) is 9.96. The van der Waals surface area contributed by atoms with Gasteiger partial charge >= 0.3 is 0 Å². The first kappa shape index (κ1) is 20.8. The summed E-state index contributed by atoms with van der Waals surface area (Å²) in [6.45, 7) is 7.24. The van der Waals surface area contributed by atoms with Crippen molar-refractivity contribution in [3.8, 4) is 11.8 Å². The Kier molecular flexibility index (Phi) is 11.4. The molecule has 2 heteroatoms. The zero-order valence-corrected chi connectivity index (χ0v) is 16.2. The highest BCUT2D eigenvalue weighted by Crippen LogP contribution is 2.19. The number of aliphatic imine (C=N–C) groups is 1. The zero-order valence-electron chi connectivity index (χ0n) is 16.2. The summed E-state index contributed by atoms with van der Waals surface area (Å²) in [5.74, 6) is 7.46. The Bertz CT molecular complexity index is 437. The molecular weight excluding hydrogens is 294 g/mol. The quantitative estimate of drug-likeness (QED) is 0.229. The molecule has 1 rings (SSSR count). The van der Waals surface area contributed by atoms with E-state index < -0.39 is 0 Å². The van der Waals surface area contributed by atoms with E-state index in [0.29, 0.717) is 0 Å². The van der Waals surface area contributed by atoms with Gasteiger partial charge in [-0.3, -0.25) is 0 Å². The van der Waals surface area contributed by atoms with Crippen molar-refractivity contribution in [2.75, 3.05) is 6.61 Å². The van der Waals surface area contributed by atoms with Crippen LogP contribution in [0.25, 0.3) is 0 Å². The first-order valence-electron chi connectivity index (χ1n) is 9.96. The molecule has 0 atom stereocenters. The van der Waals surface area contributed by atoms with E-state index in [1.807, 2.05) is 0 Å². The van der Waals surface area contributed by atoms with Crippen LogP contribution in [0.1, 0.15) is 97.8 Å². The van der Waals surface area contributed by atoms with Crippen LogP contribution in [0.4, 0.5) is 0 Å². The highest BCUT2D eigenvalue weighted by atomic mass is 16.5. The van der Waals surface area contributed by atoms with Crippen molar-refractivity contribution in [1.82, 2.24) is 0 Å². The minimum absolute atomic E-state index is 0.00154. The first-order chi connectivity index (χ1) is 11.6. The summed E-state index contributed by atoms with van der Waals surface area (Å²) < 4.78 is 5.62. The van der Waals surface area contributed by atoms with Gasteiger partial charge in [0.15, 0.2) is 5.90 Å². The highest BCUT2D eigenvalue weighted by Gasteiger charge is 2.25. The summed E-state index contributed by atoms with van der Waals surface area (Å²) in [6.07, 6.45) is 19.0. The Morgan fingerprint density at radius 3 is 2.54 bits per heavy atom. The molecule has 0 bridgehead atoms. The maximum absolute atomic E-state index is 5.62. The second-order valence-electron chi connectivity index (χ2n) is 7.40. The van der Waals surface area contributed by atoms with Gasteiger partial charge in [0.25, 0.3) is 0 Å². The summed E-state index contributed by atoms with van der Waals surface area (Å²) >= 11 is 0. The second-order valence-corrected chi connectivity index (χ2v) is 7.40.